The Morgan fingerprint density at radius 2 is 1.95 bits per heavy atom. The first-order valence-electron chi connectivity index (χ1n) is 12.9. The standard InChI is InChI=1S/C29H32ClFN4O4/c1-3-13-35-24(19-33-14-8-15-34(17-16-33)27(36)22-11-5-6-12-23(22)31)25(28(37)39-4-2)26(32-29(35)38)20-9-7-10-21(30)18-20/h3,5-7,9-12,18,26H,1,4,8,13-17,19H2,2H3,(H,32,38)/t26-/m0/s1. The zero-order valence-corrected chi connectivity index (χ0v) is 22.6. The average Bonchev–Trinajstić information content (AvgIpc) is 3.16. The molecule has 0 bridgehead atoms. The van der Waals surface area contributed by atoms with Crippen LogP contribution >= 0.6 is 11.6 Å². The van der Waals surface area contributed by atoms with Gasteiger partial charge in [0.25, 0.3) is 5.91 Å². The fourth-order valence-corrected chi connectivity index (χ4v) is 5.13. The second kappa shape index (κ2) is 12.9. The Hall–Kier alpha value is -3.69. The van der Waals surface area contributed by atoms with Gasteiger partial charge in [0.1, 0.15) is 5.82 Å². The molecule has 2 aromatic rings. The first kappa shape index (κ1) is 28.3. The molecule has 1 fully saturated rings. The lowest BCUT2D eigenvalue weighted by Gasteiger charge is -2.38. The average molecular weight is 555 g/mol. The smallest absolute Gasteiger partial charge is 0.338 e. The van der Waals surface area contributed by atoms with E-state index in [1.54, 1.807) is 54.3 Å². The summed E-state index contributed by atoms with van der Waals surface area (Å²) in [5.74, 6) is -1.43. The van der Waals surface area contributed by atoms with Crippen molar-refractivity contribution in [2.45, 2.75) is 19.4 Å². The Kier molecular flexibility index (Phi) is 9.37. The van der Waals surface area contributed by atoms with Gasteiger partial charge in [0.2, 0.25) is 0 Å². The highest BCUT2D eigenvalue weighted by Gasteiger charge is 2.38. The first-order chi connectivity index (χ1) is 18.8. The van der Waals surface area contributed by atoms with Crippen molar-refractivity contribution in [3.63, 3.8) is 0 Å². The Balaban J connectivity index is 1.65. The molecule has 1 atom stereocenters. The summed E-state index contributed by atoms with van der Waals surface area (Å²) >= 11 is 6.24. The fourth-order valence-electron chi connectivity index (χ4n) is 4.93. The largest absolute Gasteiger partial charge is 0.463 e. The molecule has 2 aliphatic heterocycles. The molecule has 206 valence electrons. The van der Waals surface area contributed by atoms with Crippen molar-refractivity contribution >= 4 is 29.5 Å². The molecule has 2 heterocycles. The number of carbonyl (C=O) groups is 3. The van der Waals surface area contributed by atoms with Crippen molar-refractivity contribution in [2.75, 3.05) is 45.9 Å². The lowest BCUT2D eigenvalue weighted by atomic mass is 9.94. The summed E-state index contributed by atoms with van der Waals surface area (Å²) in [4.78, 5) is 44.8. The van der Waals surface area contributed by atoms with Crippen LogP contribution in [0, 0.1) is 5.82 Å². The van der Waals surface area contributed by atoms with Gasteiger partial charge in [0.05, 0.1) is 23.8 Å². The highest BCUT2D eigenvalue weighted by atomic mass is 35.5. The third-order valence-corrected chi connectivity index (χ3v) is 7.02. The van der Waals surface area contributed by atoms with Gasteiger partial charge in [0, 0.05) is 50.0 Å². The van der Waals surface area contributed by atoms with Gasteiger partial charge >= 0.3 is 12.0 Å². The highest BCUT2D eigenvalue weighted by molar-refractivity contribution is 6.30. The third-order valence-electron chi connectivity index (χ3n) is 6.78. The molecular weight excluding hydrogens is 523 g/mol. The SMILES string of the molecule is C=CCN1C(=O)N[C@@H](c2cccc(Cl)c2)C(C(=O)OCC)=C1CN1CCCN(C(=O)c2ccccc2F)CC1. The molecular formula is C29H32ClFN4O4. The van der Waals surface area contributed by atoms with Crippen LogP contribution in [0.3, 0.4) is 0 Å². The van der Waals surface area contributed by atoms with Gasteiger partial charge < -0.3 is 15.0 Å². The summed E-state index contributed by atoms with van der Waals surface area (Å²) in [5.41, 5.74) is 1.54. The second-order valence-electron chi connectivity index (χ2n) is 9.32. The number of ether oxygens (including phenoxy) is 1. The van der Waals surface area contributed by atoms with Gasteiger partial charge in [-0.05, 0) is 43.2 Å². The van der Waals surface area contributed by atoms with Crippen LogP contribution in [0.4, 0.5) is 9.18 Å². The van der Waals surface area contributed by atoms with Crippen molar-refractivity contribution in [1.82, 2.24) is 20.0 Å². The molecule has 39 heavy (non-hydrogen) atoms. The number of nitrogens with one attached hydrogen (secondary N) is 1. The predicted molar refractivity (Wildman–Crippen MR) is 147 cm³/mol. The molecule has 0 aliphatic carbocycles. The third kappa shape index (κ3) is 6.49. The second-order valence-corrected chi connectivity index (χ2v) is 9.76. The van der Waals surface area contributed by atoms with Crippen molar-refractivity contribution in [2.24, 2.45) is 0 Å². The number of amides is 3. The molecule has 0 spiro atoms. The number of rotatable bonds is 8. The van der Waals surface area contributed by atoms with Gasteiger partial charge in [-0.25, -0.2) is 14.0 Å². The number of carbonyl (C=O) groups excluding carboxylic acids is 3. The number of nitrogens with zero attached hydrogens (tertiary/aromatic N) is 3. The fraction of sp³-hybridized carbons (Fsp3) is 0.345. The molecule has 3 amide bonds. The molecule has 10 heteroatoms. The minimum atomic E-state index is -0.752. The van der Waals surface area contributed by atoms with Crippen LogP contribution in [0.25, 0.3) is 0 Å². The number of urea groups is 1. The van der Waals surface area contributed by atoms with E-state index in [1.165, 1.54) is 17.0 Å². The van der Waals surface area contributed by atoms with E-state index in [-0.39, 0.29) is 37.2 Å². The molecule has 0 radical (unpaired) electrons. The normalized spacial score (nSPS) is 18.4. The Labute approximate surface area is 232 Å². The number of hydrogen-bond donors (Lipinski definition) is 1. The van der Waals surface area contributed by atoms with E-state index in [4.69, 9.17) is 16.3 Å². The Morgan fingerprint density at radius 3 is 2.67 bits per heavy atom. The Bertz CT molecular complexity index is 1280. The maximum Gasteiger partial charge on any atom is 0.338 e. The molecule has 2 aliphatic rings. The van der Waals surface area contributed by atoms with Crippen LogP contribution in [0.5, 0.6) is 0 Å². The van der Waals surface area contributed by atoms with Crippen LogP contribution in [0.2, 0.25) is 5.02 Å². The monoisotopic (exact) mass is 554 g/mol. The van der Waals surface area contributed by atoms with E-state index in [0.29, 0.717) is 54.5 Å². The van der Waals surface area contributed by atoms with Crippen molar-refractivity contribution in [3.05, 3.63) is 94.4 Å². The summed E-state index contributed by atoms with van der Waals surface area (Å²) in [7, 11) is 0. The summed E-state index contributed by atoms with van der Waals surface area (Å²) in [6.45, 7) is 8.08. The summed E-state index contributed by atoms with van der Waals surface area (Å²) < 4.78 is 19.7. The highest BCUT2D eigenvalue weighted by Crippen LogP contribution is 2.33. The van der Waals surface area contributed by atoms with E-state index in [2.05, 4.69) is 16.8 Å². The van der Waals surface area contributed by atoms with Gasteiger partial charge in [-0.3, -0.25) is 14.6 Å². The first-order valence-corrected chi connectivity index (χ1v) is 13.3. The van der Waals surface area contributed by atoms with Crippen molar-refractivity contribution < 1.29 is 23.5 Å². The Morgan fingerprint density at radius 1 is 1.15 bits per heavy atom. The summed E-state index contributed by atoms with van der Waals surface area (Å²) in [5, 5.41) is 3.40. The summed E-state index contributed by atoms with van der Waals surface area (Å²) in [6, 6.07) is 11.8. The number of halogens is 2. The van der Waals surface area contributed by atoms with E-state index in [0.717, 1.165) is 0 Å². The molecule has 1 N–H and O–H groups in total. The number of esters is 1. The zero-order valence-electron chi connectivity index (χ0n) is 21.9. The number of benzene rings is 2. The van der Waals surface area contributed by atoms with E-state index >= 15 is 0 Å². The van der Waals surface area contributed by atoms with Crippen LogP contribution in [0.1, 0.15) is 35.3 Å². The molecule has 1 saturated heterocycles. The van der Waals surface area contributed by atoms with Gasteiger partial charge in [-0.15, -0.1) is 6.58 Å². The maximum absolute atomic E-state index is 14.3. The molecule has 0 saturated carbocycles. The minimum Gasteiger partial charge on any atom is -0.463 e. The quantitative estimate of drug-likeness (QED) is 0.386. The molecule has 8 nitrogen and oxygen atoms in total. The van der Waals surface area contributed by atoms with Crippen LogP contribution < -0.4 is 5.32 Å². The molecule has 0 unspecified atom stereocenters. The predicted octanol–water partition coefficient (Wildman–Crippen LogP) is 4.40. The van der Waals surface area contributed by atoms with E-state index < -0.39 is 17.8 Å². The molecule has 0 aromatic heterocycles. The van der Waals surface area contributed by atoms with Gasteiger partial charge in [-0.2, -0.15) is 0 Å². The van der Waals surface area contributed by atoms with E-state index in [1.807, 2.05) is 0 Å². The molecule has 2 aromatic carbocycles. The van der Waals surface area contributed by atoms with Crippen LogP contribution in [0.15, 0.2) is 72.5 Å². The minimum absolute atomic E-state index is 0.0451. The van der Waals surface area contributed by atoms with Crippen molar-refractivity contribution in [1.29, 1.82) is 0 Å². The number of hydrogen-bond acceptors (Lipinski definition) is 5. The van der Waals surface area contributed by atoms with Crippen LogP contribution in [-0.4, -0.2) is 78.5 Å². The summed E-state index contributed by atoms with van der Waals surface area (Å²) in [6.07, 6.45) is 2.24. The van der Waals surface area contributed by atoms with E-state index in [9.17, 15) is 18.8 Å². The van der Waals surface area contributed by atoms with Gasteiger partial charge in [-0.1, -0.05) is 41.9 Å². The maximum atomic E-state index is 14.3. The lowest BCUT2D eigenvalue weighted by molar-refractivity contribution is -0.139. The zero-order chi connectivity index (χ0) is 27.9. The lowest BCUT2D eigenvalue weighted by Crippen LogP contribution is -2.51. The van der Waals surface area contributed by atoms with Gasteiger partial charge in [0.15, 0.2) is 0 Å². The van der Waals surface area contributed by atoms with Crippen molar-refractivity contribution in [3.8, 4) is 0 Å². The topological polar surface area (TPSA) is 82.2 Å². The molecule has 4 rings (SSSR count). The van der Waals surface area contributed by atoms with Crippen LogP contribution in [-0.2, 0) is 9.53 Å².